The second-order valence-corrected chi connectivity index (χ2v) is 3.84. The minimum absolute atomic E-state index is 0.166. The van der Waals surface area contributed by atoms with Gasteiger partial charge in [0.2, 0.25) is 0 Å². The smallest absolute Gasteiger partial charge is 0.335 e. The lowest BCUT2D eigenvalue weighted by atomic mass is 10.0. The molecule has 0 aromatic heterocycles. The second kappa shape index (κ2) is 4.23. The Hall–Kier alpha value is -1.03. The van der Waals surface area contributed by atoms with Gasteiger partial charge in [0.25, 0.3) is 0 Å². The van der Waals surface area contributed by atoms with E-state index in [0.29, 0.717) is 6.61 Å². The van der Waals surface area contributed by atoms with Crippen LogP contribution in [0.25, 0.3) is 0 Å². The number of hydrogen-bond donors (Lipinski definition) is 0. The van der Waals surface area contributed by atoms with E-state index >= 15 is 0 Å². The zero-order valence-corrected chi connectivity index (χ0v) is 9.28. The number of ether oxygens (including phenoxy) is 2. The third-order valence-corrected chi connectivity index (χ3v) is 3.02. The van der Waals surface area contributed by atoms with Crippen molar-refractivity contribution in [3.8, 4) is 0 Å². The maximum absolute atomic E-state index is 11.6. The van der Waals surface area contributed by atoms with Gasteiger partial charge in [-0.1, -0.05) is 0 Å². The van der Waals surface area contributed by atoms with E-state index in [1.165, 1.54) is 0 Å². The van der Waals surface area contributed by atoms with Gasteiger partial charge in [0.15, 0.2) is 0 Å². The van der Waals surface area contributed by atoms with Crippen LogP contribution >= 0.6 is 0 Å². The topological polar surface area (TPSA) is 38.8 Å². The first-order chi connectivity index (χ1) is 7.24. The van der Waals surface area contributed by atoms with Gasteiger partial charge in [-0.15, -0.1) is 0 Å². The molecule has 0 amide bonds. The van der Waals surface area contributed by atoms with Crippen molar-refractivity contribution in [3.63, 3.8) is 0 Å². The Balaban J connectivity index is 2.16. The highest BCUT2D eigenvalue weighted by molar-refractivity contribution is 5.89. The van der Waals surface area contributed by atoms with Crippen LogP contribution in [0, 0.1) is 0 Å². The number of nitrogens with zero attached hydrogens (tertiary/aromatic N) is 1. The molecule has 2 aliphatic rings. The lowest BCUT2D eigenvalue weighted by Crippen LogP contribution is -2.34. The molecule has 0 bridgehead atoms. The summed E-state index contributed by atoms with van der Waals surface area (Å²) in [6.07, 6.45) is 1.85. The van der Waals surface area contributed by atoms with Crippen molar-refractivity contribution in [2.24, 2.45) is 0 Å². The van der Waals surface area contributed by atoms with E-state index < -0.39 is 0 Å². The molecule has 0 N–H and O–H groups in total. The van der Waals surface area contributed by atoms with Crippen LogP contribution in [0.4, 0.5) is 0 Å². The number of rotatable bonds is 2. The third kappa shape index (κ3) is 1.86. The zero-order valence-electron chi connectivity index (χ0n) is 9.28. The van der Waals surface area contributed by atoms with Gasteiger partial charge in [0, 0.05) is 12.2 Å². The molecule has 0 aromatic carbocycles. The van der Waals surface area contributed by atoms with Crippen molar-refractivity contribution in [1.82, 2.24) is 4.90 Å². The van der Waals surface area contributed by atoms with Crippen LogP contribution in [0.15, 0.2) is 11.3 Å². The van der Waals surface area contributed by atoms with Crippen LogP contribution in [0.3, 0.4) is 0 Å². The van der Waals surface area contributed by atoms with Crippen molar-refractivity contribution in [2.75, 3.05) is 19.8 Å². The van der Waals surface area contributed by atoms with E-state index in [4.69, 9.17) is 9.47 Å². The maximum atomic E-state index is 11.6. The highest BCUT2D eigenvalue weighted by atomic mass is 16.5. The Morgan fingerprint density at radius 3 is 3.20 bits per heavy atom. The molecule has 4 nitrogen and oxygen atoms in total. The molecule has 1 fully saturated rings. The van der Waals surface area contributed by atoms with Crippen molar-refractivity contribution >= 4 is 5.97 Å². The number of carbonyl (C=O) groups excluding carboxylic acids is 1. The quantitative estimate of drug-likeness (QED) is 0.645. The molecule has 0 spiro atoms. The maximum Gasteiger partial charge on any atom is 0.335 e. The average molecular weight is 211 g/mol. The fourth-order valence-electron chi connectivity index (χ4n) is 2.23. The molecular weight excluding hydrogens is 194 g/mol. The van der Waals surface area contributed by atoms with Gasteiger partial charge in [-0.2, -0.15) is 0 Å². The molecule has 0 aromatic rings. The van der Waals surface area contributed by atoms with Crippen LogP contribution in [0.1, 0.15) is 26.7 Å². The Kier molecular flexibility index (Phi) is 2.95. The van der Waals surface area contributed by atoms with E-state index in [-0.39, 0.29) is 12.2 Å². The molecule has 2 aliphatic heterocycles. The Bertz CT molecular complexity index is 298. The molecule has 0 saturated carbocycles. The highest BCUT2D eigenvalue weighted by Gasteiger charge is 2.33. The molecule has 84 valence electrons. The van der Waals surface area contributed by atoms with Crippen molar-refractivity contribution in [1.29, 1.82) is 0 Å². The minimum Gasteiger partial charge on any atom is -0.463 e. The summed E-state index contributed by atoms with van der Waals surface area (Å²) in [7, 11) is 0. The minimum atomic E-state index is -0.166. The molecule has 1 atom stereocenters. The van der Waals surface area contributed by atoms with E-state index in [9.17, 15) is 4.79 Å². The fraction of sp³-hybridized carbons (Fsp3) is 0.727. The molecule has 15 heavy (non-hydrogen) atoms. The van der Waals surface area contributed by atoms with Gasteiger partial charge in [-0.05, 0) is 26.7 Å². The number of allylic oxidation sites excluding steroid dienone is 1. The molecular formula is C11H17NO3. The monoisotopic (exact) mass is 211 g/mol. The van der Waals surface area contributed by atoms with Crippen LogP contribution in [-0.4, -0.2) is 36.9 Å². The van der Waals surface area contributed by atoms with Crippen molar-refractivity contribution in [2.45, 2.75) is 32.9 Å². The Labute approximate surface area is 89.8 Å². The van der Waals surface area contributed by atoms with Gasteiger partial charge in [0.05, 0.1) is 18.8 Å². The van der Waals surface area contributed by atoms with E-state index in [1.807, 2.05) is 13.8 Å². The van der Waals surface area contributed by atoms with Gasteiger partial charge < -0.3 is 14.4 Å². The summed E-state index contributed by atoms with van der Waals surface area (Å²) in [6.45, 7) is 5.90. The Morgan fingerprint density at radius 2 is 2.47 bits per heavy atom. The normalized spacial score (nSPS) is 25.5. The van der Waals surface area contributed by atoms with Crippen LogP contribution in [-0.2, 0) is 14.3 Å². The molecule has 1 saturated heterocycles. The molecule has 2 heterocycles. The highest BCUT2D eigenvalue weighted by Crippen LogP contribution is 2.30. The lowest BCUT2D eigenvalue weighted by Gasteiger charge is -2.31. The summed E-state index contributed by atoms with van der Waals surface area (Å²) in [5, 5.41) is 0. The summed E-state index contributed by atoms with van der Waals surface area (Å²) in [5.41, 5.74) is 1.85. The summed E-state index contributed by atoms with van der Waals surface area (Å²) in [5.74, 6) is -0.166. The van der Waals surface area contributed by atoms with Crippen LogP contribution in [0.5, 0.6) is 0 Å². The summed E-state index contributed by atoms with van der Waals surface area (Å²) >= 11 is 0. The zero-order chi connectivity index (χ0) is 10.8. The predicted molar refractivity (Wildman–Crippen MR) is 55.0 cm³/mol. The average Bonchev–Trinajstić information content (AvgIpc) is 2.67. The number of hydrogen-bond acceptors (Lipinski definition) is 4. The number of fused-ring (bicyclic) bond motifs is 1. The van der Waals surface area contributed by atoms with Crippen molar-refractivity contribution < 1.29 is 14.3 Å². The first-order valence-corrected chi connectivity index (χ1v) is 5.49. The van der Waals surface area contributed by atoms with Gasteiger partial charge >= 0.3 is 5.97 Å². The van der Waals surface area contributed by atoms with Gasteiger partial charge in [-0.3, -0.25) is 0 Å². The largest absolute Gasteiger partial charge is 0.463 e. The standard InChI is InChI=1S/C11H17NO3/c1-3-14-11(13)9-4-5-10-12(8(9)2)6-7-15-10/h10H,3-7H2,1-2H3. The molecule has 2 rings (SSSR count). The molecule has 1 unspecified atom stereocenters. The summed E-state index contributed by atoms with van der Waals surface area (Å²) in [4.78, 5) is 13.8. The van der Waals surface area contributed by atoms with E-state index in [0.717, 1.165) is 37.3 Å². The second-order valence-electron chi connectivity index (χ2n) is 3.84. The Morgan fingerprint density at radius 1 is 1.67 bits per heavy atom. The fourth-order valence-corrected chi connectivity index (χ4v) is 2.23. The van der Waals surface area contributed by atoms with E-state index in [2.05, 4.69) is 4.90 Å². The summed E-state index contributed by atoms with van der Waals surface area (Å²) < 4.78 is 10.6. The SMILES string of the molecule is CCOC(=O)C1=C(C)N2CCOC2CC1. The predicted octanol–water partition coefficient (Wildman–Crippen LogP) is 1.28. The number of esters is 1. The van der Waals surface area contributed by atoms with Crippen LogP contribution in [0.2, 0.25) is 0 Å². The molecule has 4 heteroatoms. The molecule has 0 aliphatic carbocycles. The number of carbonyl (C=O) groups is 1. The van der Waals surface area contributed by atoms with E-state index in [1.54, 1.807) is 0 Å². The molecule has 0 radical (unpaired) electrons. The lowest BCUT2D eigenvalue weighted by molar-refractivity contribution is -0.139. The van der Waals surface area contributed by atoms with Gasteiger partial charge in [-0.25, -0.2) is 4.79 Å². The first kappa shape index (κ1) is 10.5. The van der Waals surface area contributed by atoms with Crippen LogP contribution < -0.4 is 0 Å². The third-order valence-electron chi connectivity index (χ3n) is 3.02. The van der Waals surface area contributed by atoms with Gasteiger partial charge in [0.1, 0.15) is 6.23 Å². The first-order valence-electron chi connectivity index (χ1n) is 5.49. The van der Waals surface area contributed by atoms with Crippen molar-refractivity contribution in [3.05, 3.63) is 11.3 Å². The summed E-state index contributed by atoms with van der Waals surface area (Å²) in [6, 6.07) is 0.